The van der Waals surface area contributed by atoms with Crippen LogP contribution in [-0.2, 0) is 4.74 Å². The summed E-state index contributed by atoms with van der Waals surface area (Å²) in [6.07, 6.45) is 1.53. The summed E-state index contributed by atoms with van der Waals surface area (Å²) in [6, 6.07) is 15.1. The number of thiazole rings is 1. The number of ether oxygens (including phenoxy) is 1. The van der Waals surface area contributed by atoms with Gasteiger partial charge in [-0.3, -0.25) is 0 Å². The molecule has 28 heavy (non-hydrogen) atoms. The first-order valence-corrected chi connectivity index (χ1v) is 9.09. The number of carbonyl (C=O) groups is 1. The highest BCUT2D eigenvalue weighted by Crippen LogP contribution is 2.33. The summed E-state index contributed by atoms with van der Waals surface area (Å²) in [5.74, 6) is -0.611. The number of nitrogens with zero attached hydrogens (tertiary/aromatic N) is 3. The number of benzene rings is 2. The van der Waals surface area contributed by atoms with E-state index in [1.165, 1.54) is 24.6 Å². The lowest BCUT2D eigenvalue weighted by Crippen LogP contribution is -2.11. The highest BCUT2D eigenvalue weighted by Gasteiger charge is 2.22. The molecule has 2 aromatic heterocycles. The summed E-state index contributed by atoms with van der Waals surface area (Å²) in [6.45, 7) is 0. The highest BCUT2D eigenvalue weighted by molar-refractivity contribution is 7.21. The van der Waals surface area contributed by atoms with Crippen molar-refractivity contribution in [2.24, 2.45) is 0 Å². The third kappa shape index (κ3) is 2.84. The maximum atomic E-state index is 12.2. The number of hydrogen-bond donors (Lipinski definition) is 2. The zero-order valence-electron chi connectivity index (χ0n) is 14.8. The first kappa shape index (κ1) is 17.6. The summed E-state index contributed by atoms with van der Waals surface area (Å²) in [5, 5.41) is 10.1. The van der Waals surface area contributed by atoms with E-state index in [0.717, 1.165) is 20.8 Å². The number of nitrogens with two attached hydrogens (primary N) is 2. The highest BCUT2D eigenvalue weighted by atomic mass is 32.1. The van der Waals surface area contributed by atoms with Crippen LogP contribution in [0.3, 0.4) is 0 Å². The molecule has 0 bridgehead atoms. The Hall–Kier alpha value is -3.83. The molecule has 8 heteroatoms. The Morgan fingerprint density at radius 3 is 2.82 bits per heavy atom. The van der Waals surface area contributed by atoms with E-state index in [2.05, 4.69) is 4.98 Å². The first-order chi connectivity index (χ1) is 13.5. The third-order valence-electron chi connectivity index (χ3n) is 4.33. The van der Waals surface area contributed by atoms with Gasteiger partial charge in [-0.25, -0.2) is 9.78 Å². The van der Waals surface area contributed by atoms with Crippen molar-refractivity contribution >= 4 is 38.9 Å². The lowest BCUT2D eigenvalue weighted by atomic mass is 10.2. The van der Waals surface area contributed by atoms with Crippen molar-refractivity contribution in [3.63, 3.8) is 0 Å². The monoisotopic (exact) mass is 389 g/mol. The number of nitrogen functional groups attached to an aromatic ring is 2. The van der Waals surface area contributed by atoms with Crippen LogP contribution in [0.2, 0.25) is 0 Å². The van der Waals surface area contributed by atoms with Crippen molar-refractivity contribution in [1.82, 2.24) is 9.55 Å². The zero-order valence-corrected chi connectivity index (χ0v) is 15.7. The molecule has 0 spiro atoms. The fraction of sp³-hybridized carbons (Fsp3) is 0.0500. The van der Waals surface area contributed by atoms with Gasteiger partial charge in [0.1, 0.15) is 11.1 Å². The predicted octanol–water partition coefficient (Wildman–Crippen LogP) is 3.58. The minimum absolute atomic E-state index is 0.0928. The molecule has 0 saturated carbocycles. The van der Waals surface area contributed by atoms with Crippen LogP contribution in [0.25, 0.3) is 26.5 Å². The number of nitriles is 1. The number of carbonyl (C=O) groups excluding carboxylic acids is 1. The van der Waals surface area contributed by atoms with Crippen molar-refractivity contribution in [3.05, 3.63) is 59.9 Å². The Kier molecular flexibility index (Phi) is 4.22. The minimum Gasteiger partial charge on any atom is -0.464 e. The molecule has 0 aliphatic carbocycles. The van der Waals surface area contributed by atoms with E-state index in [9.17, 15) is 10.1 Å². The Morgan fingerprint density at radius 1 is 1.25 bits per heavy atom. The summed E-state index contributed by atoms with van der Waals surface area (Å²) in [7, 11) is 1.27. The summed E-state index contributed by atoms with van der Waals surface area (Å²) < 4.78 is 7.39. The van der Waals surface area contributed by atoms with E-state index in [0.29, 0.717) is 11.4 Å². The van der Waals surface area contributed by atoms with E-state index in [1.807, 2.05) is 48.5 Å². The largest absolute Gasteiger partial charge is 0.464 e. The lowest BCUT2D eigenvalue weighted by Gasteiger charge is -2.09. The first-order valence-electron chi connectivity index (χ1n) is 8.28. The van der Waals surface area contributed by atoms with E-state index in [4.69, 9.17) is 16.2 Å². The number of anilines is 2. The minimum atomic E-state index is -0.611. The van der Waals surface area contributed by atoms with Crippen LogP contribution in [0.1, 0.15) is 16.1 Å². The molecule has 0 atom stereocenters. The van der Waals surface area contributed by atoms with E-state index >= 15 is 0 Å². The lowest BCUT2D eigenvalue weighted by molar-refractivity contribution is 0.0593. The molecule has 4 N–H and O–H groups in total. The molecule has 2 heterocycles. The Labute approximate surface area is 164 Å². The van der Waals surface area contributed by atoms with E-state index in [1.54, 1.807) is 4.57 Å². The fourth-order valence-electron chi connectivity index (χ4n) is 2.97. The van der Waals surface area contributed by atoms with Gasteiger partial charge >= 0.3 is 5.97 Å². The molecule has 2 aromatic carbocycles. The molecule has 0 radical (unpaired) electrons. The number of fused-ring (bicyclic) bond motifs is 1. The van der Waals surface area contributed by atoms with Crippen molar-refractivity contribution in [2.75, 3.05) is 18.6 Å². The van der Waals surface area contributed by atoms with Crippen LogP contribution in [0.15, 0.2) is 48.7 Å². The summed E-state index contributed by atoms with van der Waals surface area (Å²) in [4.78, 5) is 16.9. The Balaban J connectivity index is 1.85. The standard InChI is InChI=1S/C20H15N5O2S/c1-27-20(26)18-17(23)12(9-21)10-25(18)14-4-2-3-11(7-14)19-24-15-6-5-13(22)8-16(15)28-19/h2-8,10H,22-23H2,1H3. The van der Waals surface area contributed by atoms with E-state index < -0.39 is 5.97 Å². The second-order valence-electron chi connectivity index (χ2n) is 6.07. The van der Waals surface area contributed by atoms with Gasteiger partial charge < -0.3 is 20.8 Å². The predicted molar refractivity (Wildman–Crippen MR) is 109 cm³/mol. The summed E-state index contributed by atoms with van der Waals surface area (Å²) >= 11 is 1.53. The zero-order chi connectivity index (χ0) is 19.8. The van der Waals surface area contributed by atoms with Crippen LogP contribution < -0.4 is 11.5 Å². The van der Waals surface area contributed by atoms with Crippen LogP contribution in [0.5, 0.6) is 0 Å². The summed E-state index contributed by atoms with van der Waals surface area (Å²) in [5.41, 5.74) is 15.3. The van der Waals surface area contributed by atoms with Crippen molar-refractivity contribution < 1.29 is 9.53 Å². The number of methoxy groups -OCH3 is 1. The van der Waals surface area contributed by atoms with Gasteiger partial charge in [-0.15, -0.1) is 11.3 Å². The molecule has 138 valence electrons. The molecule has 0 fully saturated rings. The van der Waals surface area contributed by atoms with Crippen LogP contribution in [0.4, 0.5) is 11.4 Å². The van der Waals surface area contributed by atoms with Gasteiger partial charge in [-0.2, -0.15) is 5.26 Å². The van der Waals surface area contributed by atoms with Gasteiger partial charge in [0.05, 0.1) is 28.6 Å². The average Bonchev–Trinajstić information content (AvgIpc) is 3.28. The Bertz CT molecular complexity index is 1270. The van der Waals surface area contributed by atoms with Crippen LogP contribution >= 0.6 is 11.3 Å². The quantitative estimate of drug-likeness (QED) is 0.408. The van der Waals surface area contributed by atoms with Gasteiger partial charge in [0.25, 0.3) is 0 Å². The second-order valence-corrected chi connectivity index (χ2v) is 7.11. The molecule has 4 rings (SSSR count). The molecule has 0 amide bonds. The molecular formula is C20H15N5O2S. The molecule has 7 nitrogen and oxygen atoms in total. The topological polar surface area (TPSA) is 120 Å². The van der Waals surface area contributed by atoms with Crippen LogP contribution in [-0.4, -0.2) is 22.6 Å². The molecule has 0 aliphatic rings. The van der Waals surface area contributed by atoms with Gasteiger partial charge in [0, 0.05) is 23.1 Å². The molecule has 0 unspecified atom stereocenters. The van der Waals surface area contributed by atoms with Gasteiger partial charge in [-0.05, 0) is 30.3 Å². The molecule has 0 aliphatic heterocycles. The molecule has 4 aromatic rings. The molecular weight excluding hydrogens is 374 g/mol. The van der Waals surface area contributed by atoms with Gasteiger partial charge in [0.15, 0.2) is 5.69 Å². The molecule has 0 saturated heterocycles. The number of rotatable bonds is 3. The maximum absolute atomic E-state index is 12.2. The number of esters is 1. The maximum Gasteiger partial charge on any atom is 0.357 e. The fourth-order valence-corrected chi connectivity index (χ4v) is 3.98. The number of aromatic nitrogens is 2. The van der Waals surface area contributed by atoms with Crippen molar-refractivity contribution in [1.29, 1.82) is 5.26 Å². The normalized spacial score (nSPS) is 10.7. The van der Waals surface area contributed by atoms with Gasteiger partial charge in [0.2, 0.25) is 0 Å². The SMILES string of the molecule is COC(=O)c1c(N)c(C#N)cn1-c1cccc(-c2nc3ccc(N)cc3s2)c1. The average molecular weight is 389 g/mol. The van der Waals surface area contributed by atoms with Gasteiger partial charge in [-0.1, -0.05) is 12.1 Å². The second kappa shape index (κ2) is 6.72. The van der Waals surface area contributed by atoms with Crippen LogP contribution in [0, 0.1) is 11.3 Å². The van der Waals surface area contributed by atoms with Crippen molar-refractivity contribution in [3.8, 4) is 22.3 Å². The Morgan fingerprint density at radius 2 is 2.07 bits per heavy atom. The van der Waals surface area contributed by atoms with Crippen molar-refractivity contribution in [2.45, 2.75) is 0 Å². The third-order valence-corrected chi connectivity index (χ3v) is 5.39. The smallest absolute Gasteiger partial charge is 0.357 e. The number of hydrogen-bond acceptors (Lipinski definition) is 7. The van der Waals surface area contributed by atoms with E-state index in [-0.39, 0.29) is 16.9 Å².